The lowest BCUT2D eigenvalue weighted by molar-refractivity contribution is -0.121. The molecule has 0 aromatic heterocycles. The molecule has 0 spiro atoms. The second kappa shape index (κ2) is 13.6. The minimum absolute atomic E-state index is 0.124. The Hall–Kier alpha value is -4.08. The number of piperidine rings is 1. The smallest absolute Gasteiger partial charge is 0.414 e. The van der Waals surface area contributed by atoms with Crippen LogP contribution in [-0.2, 0) is 25.7 Å². The number of amides is 4. The number of nitrogens with zero attached hydrogens (tertiary/aromatic N) is 3. The number of rotatable bonds is 11. The third-order valence-corrected chi connectivity index (χ3v) is 6.86. The fourth-order valence-electron chi connectivity index (χ4n) is 4.60. The second-order valence-corrected chi connectivity index (χ2v) is 9.86. The number of unbranched alkanes of at least 4 members (excludes halogenated alkanes) is 1. The van der Waals surface area contributed by atoms with Crippen LogP contribution in [-0.4, -0.2) is 68.2 Å². The predicted molar refractivity (Wildman–Crippen MR) is 146 cm³/mol. The van der Waals surface area contributed by atoms with Crippen molar-refractivity contribution in [3.8, 4) is 0 Å². The van der Waals surface area contributed by atoms with E-state index in [2.05, 4.69) is 5.32 Å². The molecule has 4 rings (SSSR count). The molecule has 2 aliphatic heterocycles. The first kappa shape index (κ1) is 27.9. The number of hydrogen-bond donors (Lipinski definition) is 1. The zero-order chi connectivity index (χ0) is 27.6. The van der Waals surface area contributed by atoms with Gasteiger partial charge in [-0.1, -0.05) is 30.3 Å². The van der Waals surface area contributed by atoms with Gasteiger partial charge in [0.05, 0.1) is 13.1 Å². The molecule has 39 heavy (non-hydrogen) atoms. The summed E-state index contributed by atoms with van der Waals surface area (Å²) in [5, 5.41) is 2.83. The van der Waals surface area contributed by atoms with E-state index in [0.717, 1.165) is 24.1 Å². The Morgan fingerprint density at radius 2 is 1.72 bits per heavy atom. The molecule has 1 atom stereocenters. The van der Waals surface area contributed by atoms with Crippen LogP contribution in [0.2, 0.25) is 0 Å². The summed E-state index contributed by atoms with van der Waals surface area (Å²) >= 11 is 0. The number of ether oxygens (including phenoxy) is 2. The van der Waals surface area contributed by atoms with Crippen molar-refractivity contribution in [2.75, 3.05) is 43.0 Å². The summed E-state index contributed by atoms with van der Waals surface area (Å²) in [5.74, 6) is -0.00638. The normalized spacial score (nSPS) is 17.1. The zero-order valence-corrected chi connectivity index (χ0v) is 22.3. The van der Waals surface area contributed by atoms with Gasteiger partial charge < -0.3 is 24.6 Å². The van der Waals surface area contributed by atoms with E-state index in [4.69, 9.17) is 9.47 Å². The number of anilines is 2. The van der Waals surface area contributed by atoms with Crippen molar-refractivity contribution in [1.82, 2.24) is 10.2 Å². The number of carbonyl (C=O) groups excluding carboxylic acids is 4. The number of nitrogens with one attached hydrogen (secondary N) is 1. The lowest BCUT2D eigenvalue weighted by atomic mass is 10.1. The first-order valence-corrected chi connectivity index (χ1v) is 13.5. The van der Waals surface area contributed by atoms with Crippen LogP contribution in [0.1, 0.15) is 44.1 Å². The average molecular weight is 537 g/mol. The third kappa shape index (κ3) is 7.95. The summed E-state index contributed by atoms with van der Waals surface area (Å²) in [6.45, 7) is 1.98. The molecule has 2 saturated heterocycles. The maximum absolute atomic E-state index is 12.4. The first-order chi connectivity index (χ1) is 18.9. The van der Waals surface area contributed by atoms with Crippen LogP contribution in [0, 0.1) is 0 Å². The summed E-state index contributed by atoms with van der Waals surface area (Å²) in [6.07, 6.45) is 2.76. The minimum Gasteiger partial charge on any atom is -0.445 e. The molecule has 10 nitrogen and oxygen atoms in total. The van der Waals surface area contributed by atoms with E-state index in [1.54, 1.807) is 11.9 Å². The first-order valence-electron chi connectivity index (χ1n) is 13.5. The van der Waals surface area contributed by atoms with Crippen molar-refractivity contribution in [2.24, 2.45) is 0 Å². The standard InChI is InChI=1S/C29H36N4O6/c1-31(28(36)38-21-22-9-3-2-4-10-22)17-7-5-11-26(34)30-19-25-20-33(29(37)39-25)24-15-13-23(14-16-24)32-18-8-6-12-27(32)35/h2-4,9-10,13-16,25H,5-8,11-12,17-21H2,1H3,(H,30,34)/t25-/m0/s1. The SMILES string of the molecule is CN(CCCCC(=O)NC[C@H]1CN(c2ccc(N3CCCCC3=O)cc2)C(=O)O1)C(=O)OCc1ccccc1. The molecule has 0 bridgehead atoms. The number of hydrogen-bond acceptors (Lipinski definition) is 6. The monoisotopic (exact) mass is 536 g/mol. The highest BCUT2D eigenvalue weighted by molar-refractivity contribution is 5.95. The van der Waals surface area contributed by atoms with Gasteiger partial charge in [0.25, 0.3) is 0 Å². The van der Waals surface area contributed by atoms with E-state index in [-0.39, 0.29) is 25.0 Å². The van der Waals surface area contributed by atoms with Gasteiger partial charge in [-0.15, -0.1) is 0 Å². The Morgan fingerprint density at radius 3 is 2.44 bits per heavy atom. The van der Waals surface area contributed by atoms with Gasteiger partial charge in [-0.25, -0.2) is 9.59 Å². The summed E-state index contributed by atoms with van der Waals surface area (Å²) in [7, 11) is 1.67. The summed E-state index contributed by atoms with van der Waals surface area (Å²) in [6, 6.07) is 16.8. The number of carbonyl (C=O) groups is 4. The van der Waals surface area contributed by atoms with Crippen molar-refractivity contribution in [3.63, 3.8) is 0 Å². The maximum atomic E-state index is 12.4. The molecule has 0 unspecified atom stereocenters. The minimum atomic E-state index is -0.460. The third-order valence-electron chi connectivity index (χ3n) is 6.86. The molecule has 0 aliphatic carbocycles. The fourth-order valence-corrected chi connectivity index (χ4v) is 4.60. The van der Waals surface area contributed by atoms with Gasteiger partial charge in [0, 0.05) is 44.4 Å². The molecule has 4 amide bonds. The average Bonchev–Trinajstić information content (AvgIpc) is 3.34. The van der Waals surface area contributed by atoms with Gasteiger partial charge in [0.15, 0.2) is 0 Å². The van der Waals surface area contributed by atoms with Crippen LogP contribution in [0.25, 0.3) is 0 Å². The highest BCUT2D eigenvalue weighted by atomic mass is 16.6. The molecule has 208 valence electrons. The van der Waals surface area contributed by atoms with Crippen LogP contribution in [0.4, 0.5) is 21.0 Å². The van der Waals surface area contributed by atoms with E-state index in [1.807, 2.05) is 54.6 Å². The molecule has 2 fully saturated rings. The Labute approximate surface area is 228 Å². The molecule has 2 aliphatic rings. The lowest BCUT2D eigenvalue weighted by Gasteiger charge is -2.27. The Bertz CT molecular complexity index is 1140. The molecular formula is C29H36N4O6. The van der Waals surface area contributed by atoms with Crippen LogP contribution in [0.5, 0.6) is 0 Å². The van der Waals surface area contributed by atoms with Gasteiger partial charge in [0.1, 0.15) is 12.7 Å². The van der Waals surface area contributed by atoms with E-state index in [9.17, 15) is 19.2 Å². The molecule has 0 saturated carbocycles. The van der Waals surface area contributed by atoms with Crippen LogP contribution in [0.15, 0.2) is 54.6 Å². The summed E-state index contributed by atoms with van der Waals surface area (Å²) in [5.41, 5.74) is 2.44. The molecular weight excluding hydrogens is 500 g/mol. The molecule has 10 heteroatoms. The van der Waals surface area contributed by atoms with E-state index in [0.29, 0.717) is 51.0 Å². The van der Waals surface area contributed by atoms with E-state index in [1.165, 1.54) is 9.80 Å². The van der Waals surface area contributed by atoms with Crippen LogP contribution in [0.3, 0.4) is 0 Å². The summed E-state index contributed by atoms with van der Waals surface area (Å²) in [4.78, 5) is 53.8. The van der Waals surface area contributed by atoms with Crippen molar-refractivity contribution < 1.29 is 28.7 Å². The van der Waals surface area contributed by atoms with Crippen molar-refractivity contribution in [2.45, 2.75) is 51.2 Å². The molecule has 0 radical (unpaired) electrons. The largest absolute Gasteiger partial charge is 0.445 e. The fraction of sp³-hybridized carbons (Fsp3) is 0.448. The zero-order valence-electron chi connectivity index (χ0n) is 22.3. The number of cyclic esters (lactones) is 1. The van der Waals surface area contributed by atoms with E-state index >= 15 is 0 Å². The Kier molecular flexibility index (Phi) is 9.77. The maximum Gasteiger partial charge on any atom is 0.414 e. The van der Waals surface area contributed by atoms with Crippen molar-refractivity contribution in [1.29, 1.82) is 0 Å². The summed E-state index contributed by atoms with van der Waals surface area (Å²) < 4.78 is 10.7. The van der Waals surface area contributed by atoms with Crippen LogP contribution >= 0.6 is 0 Å². The Morgan fingerprint density at radius 1 is 1.00 bits per heavy atom. The topological polar surface area (TPSA) is 108 Å². The highest BCUT2D eigenvalue weighted by Crippen LogP contribution is 2.27. The molecule has 2 aromatic carbocycles. The van der Waals surface area contributed by atoms with E-state index < -0.39 is 18.3 Å². The molecule has 1 N–H and O–H groups in total. The van der Waals surface area contributed by atoms with Crippen LogP contribution < -0.4 is 15.1 Å². The predicted octanol–water partition coefficient (Wildman–Crippen LogP) is 4.08. The second-order valence-electron chi connectivity index (χ2n) is 9.86. The molecule has 2 heterocycles. The van der Waals surface area contributed by atoms with Crippen molar-refractivity contribution >= 4 is 35.4 Å². The van der Waals surface area contributed by atoms with Gasteiger partial charge in [-0.05, 0) is 55.5 Å². The number of benzene rings is 2. The Balaban J connectivity index is 1.12. The quantitative estimate of drug-likeness (QED) is 0.434. The lowest BCUT2D eigenvalue weighted by Crippen LogP contribution is -2.35. The van der Waals surface area contributed by atoms with Gasteiger partial charge >= 0.3 is 12.2 Å². The molecule has 2 aromatic rings. The van der Waals surface area contributed by atoms with Gasteiger partial charge in [-0.3, -0.25) is 14.5 Å². The highest BCUT2D eigenvalue weighted by Gasteiger charge is 2.32. The van der Waals surface area contributed by atoms with Gasteiger partial charge in [0.2, 0.25) is 11.8 Å². The van der Waals surface area contributed by atoms with Crippen molar-refractivity contribution in [3.05, 3.63) is 60.2 Å². The van der Waals surface area contributed by atoms with Gasteiger partial charge in [-0.2, -0.15) is 0 Å².